The Morgan fingerprint density at radius 1 is 1.11 bits per heavy atom. The first-order valence-electron chi connectivity index (χ1n) is 5.52. The quantitative estimate of drug-likeness (QED) is 0.655. The number of fused-ring (bicyclic) bond motifs is 1. The van der Waals surface area contributed by atoms with E-state index in [-0.39, 0.29) is 11.4 Å². The highest BCUT2D eigenvalue weighted by Crippen LogP contribution is 2.20. The lowest BCUT2D eigenvalue weighted by Gasteiger charge is -2.03. The number of pyridine rings is 1. The topological polar surface area (TPSA) is 21.5 Å². The molecule has 0 atom stereocenters. The Labute approximate surface area is 107 Å². The summed E-state index contributed by atoms with van der Waals surface area (Å²) in [6.07, 6.45) is 0. The first kappa shape index (κ1) is 11.2. The van der Waals surface area contributed by atoms with Gasteiger partial charge in [-0.25, -0.2) is 4.39 Å². The molecule has 3 aromatic rings. The first-order valence-corrected chi connectivity index (χ1v) is 6.40. The minimum absolute atomic E-state index is 0.0575. The summed E-state index contributed by atoms with van der Waals surface area (Å²) < 4.78 is 14.6. The van der Waals surface area contributed by atoms with Crippen LogP contribution in [0.15, 0.2) is 46.6 Å². The number of aromatic nitrogens is 1. The van der Waals surface area contributed by atoms with Gasteiger partial charge in [-0.2, -0.15) is 0 Å². The lowest BCUT2D eigenvalue weighted by Crippen LogP contribution is -2.15. The molecule has 0 aliphatic carbocycles. The maximum Gasteiger partial charge on any atom is 0.263 e. The lowest BCUT2D eigenvalue weighted by molar-refractivity contribution is 0.628. The summed E-state index contributed by atoms with van der Waals surface area (Å²) in [6, 6.07) is 9.69. The van der Waals surface area contributed by atoms with Gasteiger partial charge in [0.2, 0.25) is 0 Å². The summed E-state index contributed by atoms with van der Waals surface area (Å²) in [6.45, 7) is 1.90. The van der Waals surface area contributed by atoms with Crippen molar-refractivity contribution in [3.8, 4) is 11.1 Å². The van der Waals surface area contributed by atoms with E-state index in [2.05, 4.69) is 0 Å². The fourth-order valence-corrected chi connectivity index (χ4v) is 2.87. The minimum Gasteiger partial charge on any atom is -0.271 e. The molecular formula is C14H10FNOS. The number of benzene rings is 1. The van der Waals surface area contributed by atoms with Gasteiger partial charge in [0.15, 0.2) is 0 Å². The van der Waals surface area contributed by atoms with E-state index in [0.717, 1.165) is 16.1 Å². The molecule has 3 rings (SSSR count). The van der Waals surface area contributed by atoms with Gasteiger partial charge in [0.25, 0.3) is 5.56 Å². The smallest absolute Gasteiger partial charge is 0.263 e. The Morgan fingerprint density at radius 2 is 1.83 bits per heavy atom. The zero-order chi connectivity index (χ0) is 12.7. The molecule has 0 fully saturated rings. The molecule has 2 aromatic heterocycles. The van der Waals surface area contributed by atoms with Gasteiger partial charge in [-0.15, -0.1) is 11.3 Å². The predicted molar refractivity (Wildman–Crippen MR) is 71.7 cm³/mol. The molecule has 0 unspecified atom stereocenters. The Morgan fingerprint density at radius 3 is 2.56 bits per heavy atom. The van der Waals surface area contributed by atoms with E-state index >= 15 is 0 Å². The zero-order valence-corrected chi connectivity index (χ0v) is 10.5. The third-order valence-electron chi connectivity index (χ3n) is 2.90. The van der Waals surface area contributed by atoms with E-state index in [1.807, 2.05) is 18.4 Å². The maximum atomic E-state index is 12.9. The summed E-state index contributed by atoms with van der Waals surface area (Å²) in [5, 5.41) is 1.95. The lowest BCUT2D eigenvalue weighted by atomic mass is 10.1. The largest absolute Gasteiger partial charge is 0.271 e. The van der Waals surface area contributed by atoms with Crippen molar-refractivity contribution in [3.05, 3.63) is 63.6 Å². The van der Waals surface area contributed by atoms with E-state index in [9.17, 15) is 9.18 Å². The highest BCUT2D eigenvalue weighted by molar-refractivity contribution is 7.15. The van der Waals surface area contributed by atoms with Crippen LogP contribution >= 0.6 is 11.3 Å². The second-order valence-corrected chi connectivity index (χ2v) is 5.00. The molecule has 1 aromatic carbocycles. The van der Waals surface area contributed by atoms with Gasteiger partial charge in [0.1, 0.15) is 10.6 Å². The normalized spacial score (nSPS) is 11.0. The van der Waals surface area contributed by atoms with Crippen LogP contribution < -0.4 is 5.56 Å². The van der Waals surface area contributed by atoms with Crippen LogP contribution in [0.3, 0.4) is 0 Å². The number of halogens is 1. The van der Waals surface area contributed by atoms with Crippen LogP contribution in [0.5, 0.6) is 0 Å². The molecule has 0 saturated carbocycles. The van der Waals surface area contributed by atoms with Crippen molar-refractivity contribution in [2.75, 3.05) is 0 Å². The molecule has 0 N–H and O–H groups in total. The van der Waals surface area contributed by atoms with E-state index in [1.54, 1.807) is 22.6 Å². The van der Waals surface area contributed by atoms with Gasteiger partial charge in [0.05, 0.1) is 0 Å². The second kappa shape index (κ2) is 4.07. The van der Waals surface area contributed by atoms with Crippen LogP contribution in [-0.4, -0.2) is 4.40 Å². The van der Waals surface area contributed by atoms with Crippen LogP contribution in [0, 0.1) is 12.7 Å². The summed E-state index contributed by atoms with van der Waals surface area (Å²) in [5.74, 6) is -0.299. The van der Waals surface area contributed by atoms with Crippen molar-refractivity contribution in [2.45, 2.75) is 6.92 Å². The Kier molecular flexibility index (Phi) is 2.52. The van der Waals surface area contributed by atoms with Gasteiger partial charge in [0, 0.05) is 16.6 Å². The van der Waals surface area contributed by atoms with E-state index in [0.29, 0.717) is 5.56 Å². The average Bonchev–Trinajstić information content (AvgIpc) is 2.74. The third-order valence-corrected chi connectivity index (χ3v) is 3.92. The molecule has 0 bridgehead atoms. The standard InChI is InChI=1S/C14H10FNOS/c1-9-8-18-13-7-6-12(14(17)16(9)13)10-2-4-11(15)5-3-10/h2-8H,1H3. The summed E-state index contributed by atoms with van der Waals surface area (Å²) in [5.41, 5.74) is 2.19. The number of hydrogen-bond donors (Lipinski definition) is 0. The van der Waals surface area contributed by atoms with Crippen molar-refractivity contribution in [3.63, 3.8) is 0 Å². The van der Waals surface area contributed by atoms with Crippen LogP contribution in [0.2, 0.25) is 0 Å². The molecule has 18 heavy (non-hydrogen) atoms. The number of nitrogens with zero attached hydrogens (tertiary/aromatic N) is 1. The molecule has 0 amide bonds. The Hall–Kier alpha value is -1.94. The van der Waals surface area contributed by atoms with Gasteiger partial charge in [-0.05, 0) is 36.8 Å². The van der Waals surface area contributed by atoms with Crippen molar-refractivity contribution in [2.24, 2.45) is 0 Å². The number of thiazole rings is 1. The van der Waals surface area contributed by atoms with E-state index in [1.165, 1.54) is 23.5 Å². The van der Waals surface area contributed by atoms with Crippen molar-refractivity contribution in [1.29, 1.82) is 0 Å². The first-order chi connectivity index (χ1) is 8.66. The monoisotopic (exact) mass is 259 g/mol. The van der Waals surface area contributed by atoms with Crippen LogP contribution in [0.4, 0.5) is 4.39 Å². The fourth-order valence-electron chi connectivity index (χ4n) is 1.99. The Balaban J connectivity index is 2.30. The minimum atomic E-state index is -0.299. The SMILES string of the molecule is Cc1csc2ccc(-c3ccc(F)cc3)c(=O)n12. The van der Waals surface area contributed by atoms with Crippen molar-refractivity contribution < 1.29 is 4.39 Å². The fraction of sp³-hybridized carbons (Fsp3) is 0.0714. The maximum absolute atomic E-state index is 12.9. The van der Waals surface area contributed by atoms with Gasteiger partial charge < -0.3 is 0 Å². The molecular weight excluding hydrogens is 249 g/mol. The van der Waals surface area contributed by atoms with Crippen molar-refractivity contribution in [1.82, 2.24) is 4.40 Å². The number of aryl methyl sites for hydroxylation is 1. The van der Waals surface area contributed by atoms with Gasteiger partial charge >= 0.3 is 0 Å². The van der Waals surface area contributed by atoms with Crippen molar-refractivity contribution >= 4 is 16.2 Å². The average molecular weight is 259 g/mol. The molecule has 0 aliphatic heterocycles. The van der Waals surface area contributed by atoms with Crippen LogP contribution in [-0.2, 0) is 0 Å². The summed E-state index contributed by atoms with van der Waals surface area (Å²) >= 11 is 1.54. The second-order valence-electron chi connectivity index (χ2n) is 4.11. The van der Waals surface area contributed by atoms with E-state index < -0.39 is 0 Å². The van der Waals surface area contributed by atoms with Gasteiger partial charge in [-0.3, -0.25) is 9.20 Å². The molecule has 0 spiro atoms. The predicted octanol–water partition coefficient (Wildman–Crippen LogP) is 3.48. The summed E-state index contributed by atoms with van der Waals surface area (Å²) in [4.78, 5) is 13.3. The molecule has 90 valence electrons. The zero-order valence-electron chi connectivity index (χ0n) is 9.68. The molecule has 0 aliphatic rings. The highest BCUT2D eigenvalue weighted by atomic mass is 32.1. The van der Waals surface area contributed by atoms with Crippen LogP contribution in [0.25, 0.3) is 16.0 Å². The Bertz CT molecular complexity index is 771. The molecule has 0 saturated heterocycles. The van der Waals surface area contributed by atoms with Gasteiger partial charge in [-0.1, -0.05) is 12.1 Å². The molecule has 2 nitrogen and oxygen atoms in total. The molecule has 4 heteroatoms. The number of hydrogen-bond acceptors (Lipinski definition) is 2. The van der Waals surface area contributed by atoms with Crippen LogP contribution in [0.1, 0.15) is 5.69 Å². The molecule has 0 radical (unpaired) electrons. The highest BCUT2D eigenvalue weighted by Gasteiger charge is 2.08. The van der Waals surface area contributed by atoms with E-state index in [4.69, 9.17) is 0 Å². The number of rotatable bonds is 1. The summed E-state index contributed by atoms with van der Waals surface area (Å²) in [7, 11) is 0. The molecule has 2 heterocycles. The third kappa shape index (κ3) is 1.66.